The van der Waals surface area contributed by atoms with Crippen LogP contribution in [0.3, 0.4) is 0 Å². The van der Waals surface area contributed by atoms with Crippen molar-refractivity contribution in [2.75, 3.05) is 13.2 Å². The summed E-state index contributed by atoms with van der Waals surface area (Å²) in [5.41, 5.74) is 1.30. The third-order valence-electron chi connectivity index (χ3n) is 3.13. The maximum absolute atomic E-state index is 11.7. The Bertz CT molecular complexity index is 395. The molecule has 1 aromatic heterocycles. The third kappa shape index (κ3) is 3.32. The number of esters is 1. The normalized spacial score (nSPS) is 19.4. The largest absolute Gasteiger partial charge is 0.461 e. The van der Waals surface area contributed by atoms with E-state index in [9.17, 15) is 4.79 Å². The van der Waals surface area contributed by atoms with Crippen LogP contribution >= 0.6 is 0 Å². The van der Waals surface area contributed by atoms with Crippen LogP contribution in [0.15, 0.2) is 6.07 Å². The molecule has 2 rings (SSSR count). The van der Waals surface area contributed by atoms with Crippen LogP contribution in [0.1, 0.15) is 55.2 Å². The maximum Gasteiger partial charge on any atom is 0.358 e. The molecule has 0 aliphatic carbocycles. The zero-order chi connectivity index (χ0) is 13.0. The van der Waals surface area contributed by atoms with Gasteiger partial charge in [-0.3, -0.25) is 5.10 Å². The van der Waals surface area contributed by atoms with Crippen LogP contribution in [0, 0.1) is 0 Å². The Morgan fingerprint density at radius 3 is 3.11 bits per heavy atom. The molecule has 0 amide bonds. The van der Waals surface area contributed by atoms with E-state index in [4.69, 9.17) is 9.47 Å². The van der Waals surface area contributed by atoms with Crippen molar-refractivity contribution in [1.82, 2.24) is 10.2 Å². The molecule has 2 heterocycles. The van der Waals surface area contributed by atoms with E-state index in [-0.39, 0.29) is 12.1 Å². The summed E-state index contributed by atoms with van der Waals surface area (Å²) in [7, 11) is 0. The fraction of sp³-hybridized carbons (Fsp3) is 0.692. The highest BCUT2D eigenvalue weighted by Gasteiger charge is 2.17. The molecule has 0 aromatic carbocycles. The topological polar surface area (TPSA) is 64.2 Å². The summed E-state index contributed by atoms with van der Waals surface area (Å²) < 4.78 is 10.6. The lowest BCUT2D eigenvalue weighted by molar-refractivity contribution is 0.0380. The second kappa shape index (κ2) is 6.00. The zero-order valence-corrected chi connectivity index (χ0v) is 10.9. The standard InChI is InChI=1S/C13H20N2O3/c1-9(2)11-8-12(15-14-11)13(16)18-7-5-10-4-3-6-17-10/h8-10H,3-7H2,1-2H3,(H,14,15)/t10-/m1/s1. The highest BCUT2D eigenvalue weighted by atomic mass is 16.5. The van der Waals surface area contributed by atoms with Gasteiger partial charge < -0.3 is 9.47 Å². The minimum atomic E-state index is -0.365. The molecule has 1 N–H and O–H groups in total. The van der Waals surface area contributed by atoms with Crippen LogP contribution in [-0.4, -0.2) is 35.5 Å². The lowest BCUT2D eigenvalue weighted by Gasteiger charge is -2.08. The van der Waals surface area contributed by atoms with Crippen molar-refractivity contribution in [3.05, 3.63) is 17.5 Å². The van der Waals surface area contributed by atoms with Gasteiger partial charge in [0.15, 0.2) is 5.69 Å². The van der Waals surface area contributed by atoms with Gasteiger partial charge in [0, 0.05) is 18.7 Å². The number of H-pyrrole nitrogens is 1. The van der Waals surface area contributed by atoms with E-state index in [2.05, 4.69) is 10.2 Å². The number of carbonyl (C=O) groups is 1. The minimum Gasteiger partial charge on any atom is -0.461 e. The Labute approximate surface area is 107 Å². The molecule has 1 aliphatic heterocycles. The zero-order valence-electron chi connectivity index (χ0n) is 10.9. The molecule has 1 aliphatic rings. The molecule has 1 saturated heterocycles. The number of nitrogens with zero attached hydrogens (tertiary/aromatic N) is 1. The Balaban J connectivity index is 1.76. The van der Waals surface area contributed by atoms with E-state index < -0.39 is 0 Å². The Morgan fingerprint density at radius 2 is 2.50 bits per heavy atom. The molecule has 1 fully saturated rings. The molecule has 0 saturated carbocycles. The molecule has 100 valence electrons. The SMILES string of the molecule is CC(C)c1cc(C(=O)OCC[C@H]2CCCO2)n[nH]1. The summed E-state index contributed by atoms with van der Waals surface area (Å²) in [5.74, 6) is -0.0397. The van der Waals surface area contributed by atoms with E-state index in [1.54, 1.807) is 6.07 Å². The minimum absolute atomic E-state index is 0.253. The van der Waals surface area contributed by atoms with Gasteiger partial charge in [-0.1, -0.05) is 13.8 Å². The summed E-state index contributed by atoms with van der Waals surface area (Å²) in [5, 5.41) is 6.80. The number of ether oxygens (including phenoxy) is 2. The average Bonchev–Trinajstić information content (AvgIpc) is 2.99. The number of hydrogen-bond donors (Lipinski definition) is 1. The Hall–Kier alpha value is -1.36. The lowest BCUT2D eigenvalue weighted by Crippen LogP contribution is -2.13. The van der Waals surface area contributed by atoms with Crippen LogP contribution in [0.5, 0.6) is 0 Å². The first-order valence-corrected chi connectivity index (χ1v) is 6.51. The molecule has 1 atom stereocenters. The fourth-order valence-corrected chi connectivity index (χ4v) is 1.97. The average molecular weight is 252 g/mol. The molecule has 0 radical (unpaired) electrons. The van der Waals surface area contributed by atoms with E-state index in [0.717, 1.165) is 31.6 Å². The Kier molecular flexibility index (Phi) is 4.36. The molecule has 18 heavy (non-hydrogen) atoms. The van der Waals surface area contributed by atoms with E-state index in [0.29, 0.717) is 18.2 Å². The van der Waals surface area contributed by atoms with Gasteiger partial charge in [-0.15, -0.1) is 0 Å². The first-order valence-electron chi connectivity index (χ1n) is 6.51. The first kappa shape index (κ1) is 13.1. The molecular formula is C13H20N2O3. The van der Waals surface area contributed by atoms with Gasteiger partial charge in [-0.25, -0.2) is 4.79 Å². The molecule has 1 aromatic rings. The smallest absolute Gasteiger partial charge is 0.358 e. The number of aromatic nitrogens is 2. The second-order valence-corrected chi connectivity index (χ2v) is 4.92. The summed E-state index contributed by atoms with van der Waals surface area (Å²) >= 11 is 0. The van der Waals surface area contributed by atoms with Crippen LogP contribution in [0.25, 0.3) is 0 Å². The summed E-state index contributed by atoms with van der Waals surface area (Å²) in [4.78, 5) is 11.7. The van der Waals surface area contributed by atoms with Crippen molar-refractivity contribution < 1.29 is 14.3 Å². The lowest BCUT2D eigenvalue weighted by atomic mass is 10.1. The van der Waals surface area contributed by atoms with Crippen molar-refractivity contribution in [1.29, 1.82) is 0 Å². The number of nitrogens with one attached hydrogen (secondary N) is 1. The van der Waals surface area contributed by atoms with Gasteiger partial charge >= 0.3 is 5.97 Å². The predicted molar refractivity (Wildman–Crippen MR) is 66.6 cm³/mol. The maximum atomic E-state index is 11.7. The van der Waals surface area contributed by atoms with E-state index in [1.807, 2.05) is 13.8 Å². The van der Waals surface area contributed by atoms with E-state index >= 15 is 0 Å². The number of rotatable bonds is 5. The van der Waals surface area contributed by atoms with Crippen molar-refractivity contribution in [2.45, 2.75) is 45.1 Å². The highest BCUT2D eigenvalue weighted by molar-refractivity contribution is 5.87. The number of aromatic amines is 1. The highest BCUT2D eigenvalue weighted by Crippen LogP contribution is 2.16. The van der Waals surface area contributed by atoms with Crippen molar-refractivity contribution in [3.63, 3.8) is 0 Å². The summed E-state index contributed by atoms with van der Waals surface area (Å²) in [6, 6.07) is 1.75. The van der Waals surface area contributed by atoms with Crippen molar-refractivity contribution in [2.24, 2.45) is 0 Å². The number of hydrogen-bond acceptors (Lipinski definition) is 4. The molecule has 5 nitrogen and oxygen atoms in total. The fourth-order valence-electron chi connectivity index (χ4n) is 1.97. The van der Waals surface area contributed by atoms with Crippen LogP contribution in [-0.2, 0) is 9.47 Å². The van der Waals surface area contributed by atoms with Crippen molar-refractivity contribution in [3.8, 4) is 0 Å². The Morgan fingerprint density at radius 1 is 1.67 bits per heavy atom. The summed E-state index contributed by atoms with van der Waals surface area (Å²) in [6.45, 7) is 5.31. The van der Waals surface area contributed by atoms with Gasteiger partial charge in [0.2, 0.25) is 0 Å². The molecule has 0 bridgehead atoms. The predicted octanol–water partition coefficient (Wildman–Crippen LogP) is 2.26. The van der Waals surface area contributed by atoms with E-state index in [1.165, 1.54) is 0 Å². The second-order valence-electron chi connectivity index (χ2n) is 4.92. The first-order chi connectivity index (χ1) is 8.66. The summed E-state index contributed by atoms with van der Waals surface area (Å²) in [6.07, 6.45) is 3.20. The van der Waals surface area contributed by atoms with Gasteiger partial charge in [0.05, 0.1) is 12.7 Å². The van der Waals surface area contributed by atoms with Gasteiger partial charge in [-0.2, -0.15) is 5.10 Å². The number of carbonyl (C=O) groups excluding carboxylic acids is 1. The monoisotopic (exact) mass is 252 g/mol. The van der Waals surface area contributed by atoms with Crippen LogP contribution < -0.4 is 0 Å². The van der Waals surface area contributed by atoms with Crippen LogP contribution in [0.2, 0.25) is 0 Å². The molecular weight excluding hydrogens is 232 g/mol. The van der Waals surface area contributed by atoms with Crippen molar-refractivity contribution >= 4 is 5.97 Å². The molecule has 5 heteroatoms. The molecule has 0 unspecified atom stereocenters. The van der Waals surface area contributed by atoms with Gasteiger partial charge in [0.25, 0.3) is 0 Å². The third-order valence-corrected chi connectivity index (χ3v) is 3.13. The van der Waals surface area contributed by atoms with Gasteiger partial charge in [-0.05, 0) is 24.8 Å². The van der Waals surface area contributed by atoms with Crippen LogP contribution in [0.4, 0.5) is 0 Å². The quantitative estimate of drug-likeness (QED) is 0.816. The molecule has 0 spiro atoms. The van der Waals surface area contributed by atoms with Gasteiger partial charge in [0.1, 0.15) is 0 Å².